The van der Waals surface area contributed by atoms with Gasteiger partial charge >= 0.3 is 11.9 Å². The fourth-order valence-corrected chi connectivity index (χ4v) is 3.75. The van der Waals surface area contributed by atoms with Crippen LogP contribution in [0.1, 0.15) is 44.9 Å². The zero-order valence-corrected chi connectivity index (χ0v) is 18.0. The third-order valence-corrected chi connectivity index (χ3v) is 5.33. The number of carbonyl (C=O) groups is 2. The summed E-state index contributed by atoms with van der Waals surface area (Å²) in [7, 11) is 1.20. The number of rotatable bonds is 6. The van der Waals surface area contributed by atoms with Crippen molar-refractivity contribution in [2.75, 3.05) is 20.3 Å². The molecule has 0 aliphatic carbocycles. The van der Waals surface area contributed by atoms with Crippen LogP contribution in [0.2, 0.25) is 5.02 Å². The molecule has 31 heavy (non-hydrogen) atoms. The normalized spacial score (nSPS) is 15.5. The maximum Gasteiger partial charge on any atom is 0.340 e. The number of nitrogens with zero attached hydrogens (tertiary/aromatic N) is 2. The van der Waals surface area contributed by atoms with Gasteiger partial charge in [-0.1, -0.05) is 17.7 Å². The predicted octanol–water partition coefficient (Wildman–Crippen LogP) is 4.05. The Balaban J connectivity index is 2.18. The van der Waals surface area contributed by atoms with Crippen LogP contribution in [-0.4, -0.2) is 48.3 Å². The zero-order valence-electron chi connectivity index (χ0n) is 17.3. The second kappa shape index (κ2) is 9.40. The molecular weight excluding hydrogens is 428 g/mol. The molecule has 9 nitrogen and oxygen atoms in total. The van der Waals surface area contributed by atoms with Gasteiger partial charge < -0.3 is 14.2 Å². The minimum Gasteiger partial charge on any atom is -0.465 e. The molecule has 1 unspecified atom stereocenters. The van der Waals surface area contributed by atoms with E-state index in [1.54, 1.807) is 13.8 Å². The number of esters is 2. The summed E-state index contributed by atoms with van der Waals surface area (Å²) in [4.78, 5) is 40.7. The summed E-state index contributed by atoms with van der Waals surface area (Å²) in [5, 5.41) is 11.3. The fourth-order valence-electron chi connectivity index (χ4n) is 3.57. The Morgan fingerprint density at radius 2 is 1.94 bits per heavy atom. The van der Waals surface area contributed by atoms with E-state index in [4.69, 9.17) is 25.8 Å². The van der Waals surface area contributed by atoms with Crippen molar-refractivity contribution in [2.24, 2.45) is 0 Å². The van der Waals surface area contributed by atoms with Crippen molar-refractivity contribution in [2.45, 2.75) is 32.8 Å². The minimum atomic E-state index is -0.731. The Labute approximate surface area is 183 Å². The standard InChI is InChI=1S/C21H21ClN2O7/c1-11-17(20(25)29-3)19(13-6-7-15(22)16(9-13)24(27)28)18(12(2)23-11)21(26)31-10-14-5-4-8-30-14/h6-7,9,14H,4-5,8,10H2,1-3H3. The quantitative estimate of drug-likeness (QED) is 0.369. The lowest BCUT2D eigenvalue weighted by Crippen LogP contribution is -2.21. The van der Waals surface area contributed by atoms with Crippen LogP contribution in [0, 0.1) is 24.0 Å². The van der Waals surface area contributed by atoms with E-state index in [9.17, 15) is 19.7 Å². The van der Waals surface area contributed by atoms with Crippen molar-refractivity contribution in [3.63, 3.8) is 0 Å². The van der Waals surface area contributed by atoms with Gasteiger partial charge in [0, 0.05) is 18.2 Å². The molecule has 1 fully saturated rings. The van der Waals surface area contributed by atoms with E-state index in [1.165, 1.54) is 25.3 Å². The van der Waals surface area contributed by atoms with Gasteiger partial charge in [0.15, 0.2) is 0 Å². The van der Waals surface area contributed by atoms with Gasteiger partial charge in [0.05, 0.1) is 40.7 Å². The van der Waals surface area contributed by atoms with E-state index < -0.39 is 16.9 Å². The Hall–Kier alpha value is -3.04. The van der Waals surface area contributed by atoms with Gasteiger partial charge in [-0.05, 0) is 38.3 Å². The first-order chi connectivity index (χ1) is 14.7. The van der Waals surface area contributed by atoms with Crippen LogP contribution in [0.5, 0.6) is 0 Å². The van der Waals surface area contributed by atoms with Gasteiger partial charge in [-0.25, -0.2) is 9.59 Å². The van der Waals surface area contributed by atoms with Crippen LogP contribution in [0.3, 0.4) is 0 Å². The maximum atomic E-state index is 13.0. The number of aryl methyl sites for hydroxylation is 2. The number of pyridine rings is 1. The van der Waals surface area contributed by atoms with Gasteiger partial charge in [-0.3, -0.25) is 15.1 Å². The average molecular weight is 449 g/mol. The highest BCUT2D eigenvalue weighted by Crippen LogP contribution is 2.36. The number of hydrogen-bond donors (Lipinski definition) is 0. The second-order valence-electron chi connectivity index (χ2n) is 7.06. The molecule has 0 saturated carbocycles. The van der Waals surface area contributed by atoms with Crippen molar-refractivity contribution < 1.29 is 28.7 Å². The largest absolute Gasteiger partial charge is 0.465 e. The third-order valence-electron chi connectivity index (χ3n) is 5.01. The van der Waals surface area contributed by atoms with E-state index in [2.05, 4.69) is 4.98 Å². The van der Waals surface area contributed by atoms with Gasteiger partial charge in [-0.15, -0.1) is 0 Å². The van der Waals surface area contributed by atoms with Gasteiger partial charge in [0.2, 0.25) is 0 Å². The summed E-state index contributed by atoms with van der Waals surface area (Å²) < 4.78 is 15.8. The monoisotopic (exact) mass is 448 g/mol. The molecule has 2 heterocycles. The second-order valence-corrected chi connectivity index (χ2v) is 7.46. The number of nitro groups is 1. The maximum absolute atomic E-state index is 13.0. The van der Waals surface area contributed by atoms with Crippen molar-refractivity contribution in [3.8, 4) is 11.1 Å². The van der Waals surface area contributed by atoms with Crippen LogP contribution in [0.25, 0.3) is 11.1 Å². The van der Waals surface area contributed by atoms with Gasteiger partial charge in [-0.2, -0.15) is 0 Å². The van der Waals surface area contributed by atoms with E-state index in [0.29, 0.717) is 18.0 Å². The lowest BCUT2D eigenvalue weighted by Gasteiger charge is -2.18. The highest BCUT2D eigenvalue weighted by molar-refractivity contribution is 6.32. The molecule has 10 heteroatoms. The molecule has 1 aromatic carbocycles. The molecule has 0 amide bonds. The van der Waals surface area contributed by atoms with Crippen LogP contribution >= 0.6 is 11.6 Å². The van der Waals surface area contributed by atoms with E-state index in [1.807, 2.05) is 0 Å². The molecule has 1 aliphatic rings. The molecule has 0 bridgehead atoms. The molecule has 0 radical (unpaired) electrons. The molecule has 2 aromatic rings. The number of methoxy groups -OCH3 is 1. The number of nitro benzene ring substituents is 1. The molecular formula is C21H21ClN2O7. The van der Waals surface area contributed by atoms with E-state index in [-0.39, 0.29) is 45.7 Å². The van der Waals surface area contributed by atoms with Crippen molar-refractivity contribution in [3.05, 3.63) is 55.9 Å². The number of aromatic nitrogens is 1. The molecule has 0 spiro atoms. The Kier molecular flexibility index (Phi) is 6.87. The lowest BCUT2D eigenvalue weighted by molar-refractivity contribution is -0.384. The van der Waals surface area contributed by atoms with Crippen LogP contribution in [0.4, 0.5) is 5.69 Å². The molecule has 1 atom stereocenters. The molecule has 0 N–H and O–H groups in total. The predicted molar refractivity (Wildman–Crippen MR) is 111 cm³/mol. The molecule has 3 rings (SSSR count). The Morgan fingerprint density at radius 1 is 1.26 bits per heavy atom. The van der Waals surface area contributed by atoms with Crippen molar-refractivity contribution >= 4 is 29.2 Å². The SMILES string of the molecule is COC(=O)c1c(C)nc(C)c(C(=O)OCC2CCCO2)c1-c1ccc(Cl)c([N+](=O)[O-])c1. The molecule has 1 saturated heterocycles. The summed E-state index contributed by atoms with van der Waals surface area (Å²) in [6.45, 7) is 3.86. The topological polar surface area (TPSA) is 118 Å². The fraction of sp³-hybridized carbons (Fsp3) is 0.381. The zero-order chi connectivity index (χ0) is 22.7. The van der Waals surface area contributed by atoms with Gasteiger partial charge in [0.1, 0.15) is 11.6 Å². The number of hydrogen-bond acceptors (Lipinski definition) is 8. The average Bonchev–Trinajstić information content (AvgIpc) is 3.25. The van der Waals surface area contributed by atoms with Crippen LogP contribution in [-0.2, 0) is 14.2 Å². The van der Waals surface area contributed by atoms with E-state index >= 15 is 0 Å². The summed E-state index contributed by atoms with van der Waals surface area (Å²) in [5.74, 6) is -1.44. The van der Waals surface area contributed by atoms with Gasteiger partial charge in [0.25, 0.3) is 5.69 Å². The third kappa shape index (κ3) is 4.67. The number of carbonyl (C=O) groups excluding carboxylic acids is 2. The number of halogens is 1. The Bertz CT molecular complexity index is 1050. The Morgan fingerprint density at radius 3 is 2.52 bits per heavy atom. The van der Waals surface area contributed by atoms with Crippen molar-refractivity contribution in [1.82, 2.24) is 4.98 Å². The summed E-state index contributed by atoms with van der Waals surface area (Å²) >= 11 is 5.94. The molecule has 1 aromatic heterocycles. The van der Waals surface area contributed by atoms with E-state index in [0.717, 1.165) is 12.8 Å². The molecule has 164 valence electrons. The van der Waals surface area contributed by atoms with Crippen LogP contribution in [0.15, 0.2) is 18.2 Å². The molecule has 1 aliphatic heterocycles. The minimum absolute atomic E-state index is 0.0220. The summed E-state index contributed by atoms with van der Waals surface area (Å²) in [5.41, 5.74) is 0.709. The van der Waals surface area contributed by atoms with Crippen molar-refractivity contribution in [1.29, 1.82) is 0 Å². The first kappa shape index (κ1) is 22.6. The smallest absolute Gasteiger partial charge is 0.340 e. The summed E-state index contributed by atoms with van der Waals surface area (Å²) in [6, 6.07) is 4.04. The highest BCUT2D eigenvalue weighted by Gasteiger charge is 2.29. The summed E-state index contributed by atoms with van der Waals surface area (Å²) in [6.07, 6.45) is 1.48. The first-order valence-corrected chi connectivity index (χ1v) is 9.95. The lowest BCUT2D eigenvalue weighted by atomic mass is 9.92. The first-order valence-electron chi connectivity index (χ1n) is 9.57. The van der Waals surface area contributed by atoms with Crippen LogP contribution < -0.4 is 0 Å². The highest BCUT2D eigenvalue weighted by atomic mass is 35.5. The number of benzene rings is 1. The number of ether oxygens (including phenoxy) is 3.